The second-order valence-corrected chi connectivity index (χ2v) is 9.21. The number of carbonyl (C=O) groups excluding carboxylic acids is 2. The minimum Gasteiger partial charge on any atom is -0.497 e. The highest BCUT2D eigenvalue weighted by atomic mass is 32.1. The maximum absolute atomic E-state index is 12.7. The molecule has 1 aliphatic carbocycles. The van der Waals surface area contributed by atoms with E-state index in [4.69, 9.17) is 4.74 Å². The second-order valence-electron chi connectivity index (χ2n) is 8.20. The van der Waals surface area contributed by atoms with E-state index < -0.39 is 0 Å². The van der Waals surface area contributed by atoms with Gasteiger partial charge in [-0.15, -0.1) is 10.2 Å². The number of amides is 3. The Morgan fingerprint density at radius 2 is 1.84 bits per heavy atom. The van der Waals surface area contributed by atoms with Gasteiger partial charge in [0, 0.05) is 30.7 Å². The number of ether oxygens (including phenoxy) is 1. The maximum Gasteiger partial charge on any atom is 0.317 e. The average Bonchev–Trinajstić information content (AvgIpc) is 3.31. The van der Waals surface area contributed by atoms with Crippen molar-refractivity contribution in [3.05, 3.63) is 34.3 Å². The van der Waals surface area contributed by atoms with E-state index in [1.807, 2.05) is 4.90 Å². The van der Waals surface area contributed by atoms with Crippen LogP contribution in [0.4, 0.5) is 10.5 Å². The number of piperidine rings is 1. The fourth-order valence-electron chi connectivity index (χ4n) is 4.23. The highest BCUT2D eigenvalue weighted by Gasteiger charge is 2.29. The molecule has 2 aromatic rings. The molecule has 1 saturated carbocycles. The molecule has 0 radical (unpaired) electrons. The normalized spacial score (nSPS) is 19.6. The Bertz CT molecular complexity index is 895. The van der Waals surface area contributed by atoms with Crippen molar-refractivity contribution < 1.29 is 14.3 Å². The predicted octanol–water partition coefficient (Wildman–Crippen LogP) is 4.02. The monoisotopic (exact) mass is 443 g/mol. The van der Waals surface area contributed by atoms with E-state index in [2.05, 4.69) is 20.8 Å². The summed E-state index contributed by atoms with van der Waals surface area (Å²) >= 11 is 1.31. The Morgan fingerprint density at radius 1 is 1.06 bits per heavy atom. The van der Waals surface area contributed by atoms with Crippen molar-refractivity contribution in [3.63, 3.8) is 0 Å². The van der Waals surface area contributed by atoms with Gasteiger partial charge in [-0.25, -0.2) is 4.79 Å². The number of methoxy groups -OCH3 is 1. The third-order valence-corrected chi connectivity index (χ3v) is 7.06. The van der Waals surface area contributed by atoms with Crippen molar-refractivity contribution in [2.24, 2.45) is 0 Å². The third kappa shape index (κ3) is 5.52. The van der Waals surface area contributed by atoms with Gasteiger partial charge < -0.3 is 20.3 Å². The Hall–Kier alpha value is -2.68. The molecular weight excluding hydrogens is 414 g/mol. The molecular formula is C22H29N5O3S. The summed E-state index contributed by atoms with van der Waals surface area (Å²) in [5.74, 6) is 0.563. The van der Waals surface area contributed by atoms with Crippen molar-refractivity contribution in [2.75, 3.05) is 25.5 Å². The van der Waals surface area contributed by atoms with Crippen LogP contribution in [0, 0.1) is 0 Å². The zero-order valence-electron chi connectivity index (χ0n) is 17.8. The first-order valence-corrected chi connectivity index (χ1v) is 11.8. The van der Waals surface area contributed by atoms with Gasteiger partial charge in [0.05, 0.1) is 7.11 Å². The van der Waals surface area contributed by atoms with Crippen molar-refractivity contribution in [1.29, 1.82) is 0 Å². The number of aromatic nitrogens is 2. The summed E-state index contributed by atoms with van der Waals surface area (Å²) in [6.45, 7) is 1.38. The van der Waals surface area contributed by atoms with Crippen LogP contribution in [0.3, 0.4) is 0 Å². The molecule has 0 spiro atoms. The summed E-state index contributed by atoms with van der Waals surface area (Å²) in [5, 5.41) is 15.5. The summed E-state index contributed by atoms with van der Waals surface area (Å²) < 4.78 is 5.13. The highest BCUT2D eigenvalue weighted by Crippen LogP contribution is 2.30. The lowest BCUT2D eigenvalue weighted by Gasteiger charge is -2.33. The van der Waals surface area contributed by atoms with E-state index >= 15 is 0 Å². The van der Waals surface area contributed by atoms with E-state index in [1.54, 1.807) is 31.4 Å². The van der Waals surface area contributed by atoms with Crippen LogP contribution in [0.5, 0.6) is 5.75 Å². The lowest BCUT2D eigenvalue weighted by molar-refractivity contribution is 0.102. The van der Waals surface area contributed by atoms with Gasteiger partial charge in [0.2, 0.25) is 5.01 Å². The van der Waals surface area contributed by atoms with Crippen LogP contribution in [0.2, 0.25) is 0 Å². The number of urea groups is 1. The Kier molecular flexibility index (Phi) is 7.01. The summed E-state index contributed by atoms with van der Waals surface area (Å²) in [4.78, 5) is 27.2. The van der Waals surface area contributed by atoms with Crippen molar-refractivity contribution >= 4 is 29.0 Å². The van der Waals surface area contributed by atoms with Crippen LogP contribution in [0.15, 0.2) is 24.3 Å². The smallest absolute Gasteiger partial charge is 0.317 e. The van der Waals surface area contributed by atoms with Crippen molar-refractivity contribution in [1.82, 2.24) is 20.4 Å². The molecule has 1 atom stereocenters. The summed E-state index contributed by atoms with van der Waals surface area (Å²) in [6, 6.07) is 7.47. The minimum absolute atomic E-state index is 0.0265. The first-order valence-electron chi connectivity index (χ1n) is 11.0. The van der Waals surface area contributed by atoms with E-state index in [0.29, 0.717) is 23.3 Å². The SMILES string of the molecule is COc1ccc(NC(=O)c2nnc([C@H]3CCCN(C(=O)NC4CCCCC4)C3)s2)cc1. The Labute approximate surface area is 186 Å². The van der Waals surface area contributed by atoms with Gasteiger partial charge in [0.25, 0.3) is 5.91 Å². The highest BCUT2D eigenvalue weighted by molar-refractivity contribution is 7.13. The van der Waals surface area contributed by atoms with Crippen molar-refractivity contribution in [3.8, 4) is 5.75 Å². The molecule has 2 N–H and O–H groups in total. The van der Waals surface area contributed by atoms with E-state index in [9.17, 15) is 9.59 Å². The number of likely N-dealkylation sites (tertiary alicyclic amines) is 1. The molecule has 9 heteroatoms. The lowest BCUT2D eigenvalue weighted by atomic mass is 9.95. The fraction of sp³-hybridized carbons (Fsp3) is 0.545. The molecule has 1 saturated heterocycles. The standard InChI is InChI=1S/C22H29N5O3S/c1-30-18-11-9-17(10-12-18)23-19(28)21-26-25-20(31-21)15-6-5-13-27(14-15)22(29)24-16-7-3-2-4-8-16/h9-12,15-16H,2-8,13-14H2,1H3,(H,23,28)(H,24,29)/t15-/m0/s1. The number of rotatable bonds is 5. The van der Waals surface area contributed by atoms with Gasteiger partial charge >= 0.3 is 6.03 Å². The number of benzene rings is 1. The third-order valence-electron chi connectivity index (χ3n) is 5.97. The molecule has 0 unspecified atom stereocenters. The van der Waals surface area contributed by atoms with Crippen LogP contribution in [0.1, 0.15) is 65.7 Å². The number of anilines is 1. The largest absolute Gasteiger partial charge is 0.497 e. The average molecular weight is 444 g/mol. The van der Waals surface area contributed by atoms with Gasteiger partial charge in [-0.05, 0) is 49.9 Å². The first kappa shape index (κ1) is 21.5. The molecule has 3 amide bonds. The molecule has 2 fully saturated rings. The molecule has 4 rings (SSSR count). The van der Waals surface area contributed by atoms with Crippen LogP contribution in [-0.4, -0.2) is 53.3 Å². The van der Waals surface area contributed by atoms with Gasteiger partial charge in [-0.3, -0.25) is 4.79 Å². The van der Waals surface area contributed by atoms with Crippen LogP contribution < -0.4 is 15.4 Å². The Balaban J connectivity index is 1.34. The van der Waals surface area contributed by atoms with Crippen molar-refractivity contribution in [2.45, 2.75) is 56.9 Å². The lowest BCUT2D eigenvalue weighted by Crippen LogP contribution is -2.48. The molecule has 31 heavy (non-hydrogen) atoms. The zero-order valence-corrected chi connectivity index (χ0v) is 18.6. The fourth-order valence-corrected chi connectivity index (χ4v) is 5.09. The molecule has 2 heterocycles. The van der Waals surface area contributed by atoms with Crippen LogP contribution >= 0.6 is 11.3 Å². The zero-order chi connectivity index (χ0) is 21.6. The number of nitrogens with one attached hydrogen (secondary N) is 2. The van der Waals surface area contributed by atoms with Crippen LogP contribution in [-0.2, 0) is 0 Å². The number of carbonyl (C=O) groups is 2. The van der Waals surface area contributed by atoms with Gasteiger partial charge in [-0.1, -0.05) is 30.6 Å². The molecule has 8 nitrogen and oxygen atoms in total. The summed E-state index contributed by atoms with van der Waals surface area (Å²) in [7, 11) is 1.60. The quantitative estimate of drug-likeness (QED) is 0.728. The molecule has 1 aromatic carbocycles. The van der Waals surface area contributed by atoms with Gasteiger partial charge in [0.1, 0.15) is 10.8 Å². The number of nitrogens with zero attached hydrogens (tertiary/aromatic N) is 3. The second kappa shape index (κ2) is 10.1. The Morgan fingerprint density at radius 3 is 2.58 bits per heavy atom. The molecule has 1 aromatic heterocycles. The van der Waals surface area contributed by atoms with Crippen LogP contribution in [0.25, 0.3) is 0 Å². The van der Waals surface area contributed by atoms with E-state index in [0.717, 1.165) is 43.0 Å². The maximum atomic E-state index is 12.7. The van der Waals surface area contributed by atoms with Gasteiger partial charge in [0.15, 0.2) is 0 Å². The predicted molar refractivity (Wildman–Crippen MR) is 120 cm³/mol. The summed E-state index contributed by atoms with van der Waals surface area (Å²) in [5.41, 5.74) is 0.672. The van der Waals surface area contributed by atoms with E-state index in [-0.39, 0.29) is 17.9 Å². The molecule has 166 valence electrons. The topological polar surface area (TPSA) is 96.4 Å². The molecule has 2 aliphatic rings. The number of hydrogen-bond acceptors (Lipinski definition) is 6. The first-order chi connectivity index (χ1) is 15.1. The summed E-state index contributed by atoms with van der Waals surface area (Å²) in [6.07, 6.45) is 7.68. The molecule has 1 aliphatic heterocycles. The molecule has 0 bridgehead atoms. The van der Waals surface area contributed by atoms with E-state index in [1.165, 1.54) is 30.6 Å². The van der Waals surface area contributed by atoms with Gasteiger partial charge in [-0.2, -0.15) is 0 Å². The minimum atomic E-state index is -0.281. The number of hydrogen-bond donors (Lipinski definition) is 2.